The molecule has 150 valence electrons. The van der Waals surface area contributed by atoms with Crippen molar-refractivity contribution in [3.8, 4) is 5.75 Å². The maximum atomic E-state index is 13.0. The predicted molar refractivity (Wildman–Crippen MR) is 107 cm³/mol. The lowest BCUT2D eigenvalue weighted by Gasteiger charge is -2.33. The molecular formula is C20H17BrN2O6. The van der Waals surface area contributed by atoms with Gasteiger partial charge in [0.2, 0.25) is 0 Å². The van der Waals surface area contributed by atoms with E-state index in [-0.39, 0.29) is 5.70 Å². The third kappa shape index (κ3) is 3.73. The average Bonchev–Trinajstić information content (AvgIpc) is 3.10. The average molecular weight is 461 g/mol. The lowest BCUT2D eigenvalue weighted by Crippen LogP contribution is -2.49. The second kappa shape index (κ2) is 8.04. The van der Waals surface area contributed by atoms with E-state index in [2.05, 4.69) is 21.2 Å². The molecule has 0 aliphatic carbocycles. The Balaban J connectivity index is 2.17. The molecule has 0 fully saturated rings. The Morgan fingerprint density at radius 1 is 1.14 bits per heavy atom. The number of benzene rings is 2. The fourth-order valence-corrected chi connectivity index (χ4v) is 3.73. The molecule has 0 radical (unpaired) electrons. The summed E-state index contributed by atoms with van der Waals surface area (Å²) in [7, 11) is 1.22. The van der Waals surface area contributed by atoms with Gasteiger partial charge in [0.25, 0.3) is 5.70 Å². The van der Waals surface area contributed by atoms with E-state index in [1.807, 2.05) is 0 Å². The molecule has 2 aromatic carbocycles. The summed E-state index contributed by atoms with van der Waals surface area (Å²) in [6, 6.07) is 13.1. The smallest absolute Gasteiger partial charge is 0.337 e. The highest BCUT2D eigenvalue weighted by atomic mass is 79.9. The van der Waals surface area contributed by atoms with Crippen LogP contribution in [0.25, 0.3) is 0 Å². The number of ether oxygens (including phenoxy) is 2. The summed E-state index contributed by atoms with van der Waals surface area (Å²) in [5.74, 6) is -1.82. The number of hydrogen-bond acceptors (Lipinski definition) is 7. The van der Waals surface area contributed by atoms with Gasteiger partial charge in [0.15, 0.2) is 5.54 Å². The van der Waals surface area contributed by atoms with Gasteiger partial charge in [0.1, 0.15) is 11.7 Å². The zero-order valence-electron chi connectivity index (χ0n) is 15.5. The molecule has 1 aliphatic heterocycles. The number of carbonyl (C=O) groups is 2. The second-order valence-electron chi connectivity index (χ2n) is 6.37. The number of nitro groups is 1. The highest BCUT2D eigenvalue weighted by Gasteiger charge is 2.57. The van der Waals surface area contributed by atoms with Gasteiger partial charge < -0.3 is 14.8 Å². The summed E-state index contributed by atoms with van der Waals surface area (Å²) in [4.78, 5) is 35.4. The summed E-state index contributed by atoms with van der Waals surface area (Å²) in [5, 5.41) is 14.6. The van der Waals surface area contributed by atoms with Crippen molar-refractivity contribution in [2.24, 2.45) is 0 Å². The van der Waals surface area contributed by atoms with Crippen molar-refractivity contribution in [3.63, 3.8) is 0 Å². The highest BCUT2D eigenvalue weighted by molar-refractivity contribution is 9.10. The highest BCUT2D eigenvalue weighted by Crippen LogP contribution is 2.47. The largest absolute Gasteiger partial charge is 0.467 e. The first-order chi connectivity index (χ1) is 13.8. The van der Waals surface area contributed by atoms with Crippen molar-refractivity contribution in [3.05, 3.63) is 86.1 Å². The van der Waals surface area contributed by atoms with E-state index in [9.17, 15) is 19.7 Å². The quantitative estimate of drug-likeness (QED) is 0.315. The fourth-order valence-electron chi connectivity index (χ4n) is 3.47. The Morgan fingerprint density at radius 3 is 2.28 bits per heavy atom. The molecule has 9 heteroatoms. The SMILES string of the molecule is COC(=O)[C@@]1(c2ccc(OC(C)=O)cc2)NC=C([N+](=O)[O-])[C@@H]1c1ccc(Br)cc1. The zero-order chi connectivity index (χ0) is 21.2. The molecule has 8 nitrogen and oxygen atoms in total. The lowest BCUT2D eigenvalue weighted by molar-refractivity contribution is -0.430. The van der Waals surface area contributed by atoms with E-state index < -0.39 is 28.3 Å². The number of nitrogens with one attached hydrogen (secondary N) is 1. The molecule has 3 rings (SSSR count). The van der Waals surface area contributed by atoms with Gasteiger partial charge >= 0.3 is 11.9 Å². The summed E-state index contributed by atoms with van der Waals surface area (Å²) in [5.41, 5.74) is -0.724. The van der Waals surface area contributed by atoms with Crippen LogP contribution in [-0.2, 0) is 19.9 Å². The summed E-state index contributed by atoms with van der Waals surface area (Å²) >= 11 is 3.34. The minimum Gasteiger partial charge on any atom is -0.467 e. The van der Waals surface area contributed by atoms with Crippen molar-refractivity contribution in [2.75, 3.05) is 7.11 Å². The van der Waals surface area contributed by atoms with Gasteiger partial charge in [0.05, 0.1) is 18.2 Å². The predicted octanol–water partition coefficient (Wildman–Crippen LogP) is 3.25. The molecule has 2 aromatic rings. The molecule has 29 heavy (non-hydrogen) atoms. The number of nitrogens with zero attached hydrogens (tertiary/aromatic N) is 1. The van der Waals surface area contributed by atoms with Crippen molar-refractivity contribution >= 4 is 27.9 Å². The maximum Gasteiger partial charge on any atom is 0.337 e. The Labute approximate surface area is 174 Å². The molecule has 2 atom stereocenters. The number of methoxy groups -OCH3 is 1. The van der Waals surface area contributed by atoms with E-state index in [1.165, 1.54) is 32.4 Å². The first kappa shape index (κ1) is 20.5. The first-order valence-corrected chi connectivity index (χ1v) is 9.34. The van der Waals surface area contributed by atoms with Crippen LogP contribution in [0, 0.1) is 10.1 Å². The van der Waals surface area contributed by atoms with Crippen LogP contribution in [0.1, 0.15) is 24.0 Å². The van der Waals surface area contributed by atoms with E-state index in [0.29, 0.717) is 16.9 Å². The molecule has 1 heterocycles. The first-order valence-electron chi connectivity index (χ1n) is 8.54. The Kier molecular flexibility index (Phi) is 5.69. The third-order valence-corrected chi connectivity index (χ3v) is 5.20. The molecule has 0 unspecified atom stereocenters. The van der Waals surface area contributed by atoms with Crippen molar-refractivity contribution < 1.29 is 24.0 Å². The third-order valence-electron chi connectivity index (χ3n) is 4.67. The fraction of sp³-hybridized carbons (Fsp3) is 0.200. The van der Waals surface area contributed by atoms with E-state index in [4.69, 9.17) is 9.47 Å². The number of carbonyl (C=O) groups excluding carboxylic acids is 2. The summed E-state index contributed by atoms with van der Waals surface area (Å²) in [6.07, 6.45) is 1.23. The van der Waals surface area contributed by atoms with E-state index in [1.54, 1.807) is 36.4 Å². The number of esters is 2. The van der Waals surface area contributed by atoms with Gasteiger partial charge in [-0.15, -0.1) is 0 Å². The summed E-state index contributed by atoms with van der Waals surface area (Å²) in [6.45, 7) is 1.28. The van der Waals surface area contributed by atoms with Crippen LogP contribution in [0.5, 0.6) is 5.75 Å². The number of halogens is 1. The maximum absolute atomic E-state index is 13.0. The molecule has 0 spiro atoms. The van der Waals surface area contributed by atoms with Crippen LogP contribution in [0.2, 0.25) is 0 Å². The van der Waals surface area contributed by atoms with Crippen LogP contribution in [0.15, 0.2) is 64.9 Å². The lowest BCUT2D eigenvalue weighted by atomic mass is 9.75. The van der Waals surface area contributed by atoms with Gasteiger partial charge in [-0.05, 0) is 35.4 Å². The second-order valence-corrected chi connectivity index (χ2v) is 7.29. The number of rotatable bonds is 5. The van der Waals surface area contributed by atoms with Crippen LogP contribution < -0.4 is 10.1 Å². The molecule has 0 amide bonds. The molecule has 0 aromatic heterocycles. The molecule has 0 bridgehead atoms. The molecule has 1 N–H and O–H groups in total. The van der Waals surface area contributed by atoms with Gasteiger partial charge in [-0.3, -0.25) is 14.9 Å². The molecule has 1 aliphatic rings. The van der Waals surface area contributed by atoms with Crippen molar-refractivity contribution in [1.82, 2.24) is 5.32 Å². The number of hydrogen-bond donors (Lipinski definition) is 1. The van der Waals surface area contributed by atoms with Crippen LogP contribution in [-0.4, -0.2) is 24.0 Å². The van der Waals surface area contributed by atoms with Crippen LogP contribution >= 0.6 is 15.9 Å². The Morgan fingerprint density at radius 2 is 1.76 bits per heavy atom. The zero-order valence-corrected chi connectivity index (χ0v) is 17.1. The van der Waals surface area contributed by atoms with Crippen LogP contribution in [0.4, 0.5) is 0 Å². The normalized spacial score (nSPS) is 20.4. The van der Waals surface area contributed by atoms with E-state index >= 15 is 0 Å². The Hall–Kier alpha value is -3.20. The van der Waals surface area contributed by atoms with E-state index in [0.717, 1.165) is 4.47 Å². The molecular weight excluding hydrogens is 444 g/mol. The van der Waals surface area contributed by atoms with Gasteiger partial charge in [0, 0.05) is 11.4 Å². The standard InChI is InChI=1S/C20H17BrN2O6/c1-12(24)29-16-9-5-14(6-10-16)20(19(25)28-2)18(17(11-22-20)23(26)27)13-3-7-15(21)8-4-13/h3-11,18,22H,1-2H3/t18-,20-/m0/s1. The van der Waals surface area contributed by atoms with Gasteiger partial charge in [-0.2, -0.15) is 0 Å². The van der Waals surface area contributed by atoms with Gasteiger partial charge in [-0.1, -0.05) is 40.2 Å². The minimum atomic E-state index is -1.56. The topological polar surface area (TPSA) is 108 Å². The van der Waals surface area contributed by atoms with Gasteiger partial charge in [-0.25, -0.2) is 4.79 Å². The minimum absolute atomic E-state index is 0.165. The van der Waals surface area contributed by atoms with Crippen molar-refractivity contribution in [1.29, 1.82) is 0 Å². The van der Waals surface area contributed by atoms with Crippen LogP contribution in [0.3, 0.4) is 0 Å². The summed E-state index contributed by atoms with van der Waals surface area (Å²) < 4.78 is 10.9. The Bertz CT molecular complexity index is 987. The monoisotopic (exact) mass is 460 g/mol. The molecule has 0 saturated carbocycles. The molecule has 0 saturated heterocycles. The van der Waals surface area contributed by atoms with Crippen molar-refractivity contribution in [2.45, 2.75) is 18.4 Å².